The van der Waals surface area contributed by atoms with E-state index in [1.165, 1.54) is 16.3 Å². The highest BCUT2D eigenvalue weighted by atomic mass is 16.3. The van der Waals surface area contributed by atoms with Crippen molar-refractivity contribution < 1.29 is 8.83 Å². The molecule has 0 aliphatic rings. The van der Waals surface area contributed by atoms with E-state index in [4.69, 9.17) is 13.8 Å². The second-order valence-corrected chi connectivity index (χ2v) is 11.2. The lowest BCUT2D eigenvalue weighted by atomic mass is 9.82. The summed E-state index contributed by atoms with van der Waals surface area (Å²) in [5.74, 6) is 1.58. The molecule has 0 bridgehead atoms. The molecule has 0 atom stereocenters. The minimum absolute atomic E-state index is 0.0121. The molecule has 3 aromatic heterocycles. The number of furan rings is 2. The first-order chi connectivity index (χ1) is 17.3. The lowest BCUT2D eigenvalue weighted by Gasteiger charge is -2.23. The fourth-order valence-electron chi connectivity index (χ4n) is 5.17. The van der Waals surface area contributed by atoms with E-state index in [0.717, 1.165) is 56.6 Å². The topological polar surface area (TPSA) is 39.2 Å². The monoisotopic (exact) mass is 473 g/mol. The minimum Gasteiger partial charge on any atom is -0.462 e. The standard InChI is InChI=1S/C33H31NO2/c1-20(2)14-25-17-24-16-22(10-11-31(24)36-25)27-19-30(34-29-12-13-35-32(27)29)23-15-21-8-6-7-9-26(21)28(18-23)33(3,4)5/h6-13,15-20H,14H2,1-5H3. The molecule has 0 fully saturated rings. The van der Waals surface area contributed by atoms with Gasteiger partial charge in [-0.3, -0.25) is 0 Å². The van der Waals surface area contributed by atoms with E-state index in [0.29, 0.717) is 5.92 Å². The summed E-state index contributed by atoms with van der Waals surface area (Å²) in [4.78, 5) is 5.01. The van der Waals surface area contributed by atoms with Gasteiger partial charge in [-0.2, -0.15) is 0 Å². The van der Waals surface area contributed by atoms with E-state index < -0.39 is 0 Å². The first-order valence-electron chi connectivity index (χ1n) is 12.7. The first kappa shape index (κ1) is 22.6. The molecule has 6 rings (SSSR count). The Bertz CT molecular complexity index is 1730. The van der Waals surface area contributed by atoms with Gasteiger partial charge in [-0.15, -0.1) is 0 Å². The minimum atomic E-state index is 0.0121. The molecule has 0 saturated carbocycles. The summed E-state index contributed by atoms with van der Waals surface area (Å²) in [6, 6.07) is 25.8. The predicted octanol–water partition coefficient (Wildman–Crippen LogP) is 9.56. The van der Waals surface area contributed by atoms with Gasteiger partial charge in [-0.25, -0.2) is 4.98 Å². The number of hydrogen-bond acceptors (Lipinski definition) is 3. The normalized spacial score (nSPS) is 12.4. The van der Waals surface area contributed by atoms with Crippen molar-refractivity contribution in [2.45, 2.75) is 46.5 Å². The van der Waals surface area contributed by atoms with Gasteiger partial charge in [0.25, 0.3) is 0 Å². The van der Waals surface area contributed by atoms with E-state index >= 15 is 0 Å². The van der Waals surface area contributed by atoms with Crippen LogP contribution in [0.2, 0.25) is 0 Å². The Kier molecular flexibility index (Phi) is 5.26. The largest absolute Gasteiger partial charge is 0.462 e. The van der Waals surface area contributed by atoms with E-state index in [9.17, 15) is 0 Å². The first-order valence-corrected chi connectivity index (χ1v) is 12.7. The Morgan fingerprint density at radius 1 is 0.833 bits per heavy atom. The van der Waals surface area contributed by atoms with Crippen LogP contribution in [0.1, 0.15) is 45.9 Å². The number of benzene rings is 3. The van der Waals surface area contributed by atoms with Crippen molar-refractivity contribution in [2.75, 3.05) is 0 Å². The van der Waals surface area contributed by atoms with E-state index in [1.807, 2.05) is 6.07 Å². The summed E-state index contributed by atoms with van der Waals surface area (Å²) in [7, 11) is 0. The van der Waals surface area contributed by atoms with Crippen molar-refractivity contribution in [3.63, 3.8) is 0 Å². The summed E-state index contributed by atoms with van der Waals surface area (Å²) in [6.45, 7) is 11.2. The molecule has 180 valence electrons. The van der Waals surface area contributed by atoms with Crippen molar-refractivity contribution in [1.82, 2.24) is 4.98 Å². The van der Waals surface area contributed by atoms with E-state index in [2.05, 4.69) is 101 Å². The molecule has 0 saturated heterocycles. The Balaban J connectivity index is 1.54. The molecule has 0 amide bonds. The van der Waals surface area contributed by atoms with Crippen LogP contribution in [0.15, 0.2) is 87.9 Å². The van der Waals surface area contributed by atoms with Crippen LogP contribution in [0.25, 0.3) is 55.2 Å². The van der Waals surface area contributed by atoms with Crippen LogP contribution in [0.4, 0.5) is 0 Å². The maximum atomic E-state index is 6.09. The molecule has 3 heterocycles. The van der Waals surface area contributed by atoms with E-state index in [-0.39, 0.29) is 5.41 Å². The van der Waals surface area contributed by atoms with Gasteiger partial charge in [0.05, 0.1) is 12.0 Å². The van der Waals surface area contributed by atoms with Gasteiger partial charge in [0.15, 0.2) is 5.58 Å². The highest BCUT2D eigenvalue weighted by molar-refractivity contribution is 5.97. The average molecular weight is 474 g/mol. The quantitative estimate of drug-likeness (QED) is 0.256. The number of aromatic nitrogens is 1. The SMILES string of the molecule is CC(C)Cc1cc2cc(-c3cc(-c4cc(C(C)(C)C)c5ccccc5c4)nc4ccoc34)ccc2o1. The molecular formula is C33H31NO2. The lowest BCUT2D eigenvalue weighted by molar-refractivity contribution is 0.500. The molecule has 0 unspecified atom stereocenters. The maximum Gasteiger partial charge on any atom is 0.160 e. The van der Waals surface area contributed by atoms with Gasteiger partial charge < -0.3 is 8.83 Å². The van der Waals surface area contributed by atoms with Gasteiger partial charge in [0, 0.05) is 29.0 Å². The van der Waals surface area contributed by atoms with Crippen LogP contribution < -0.4 is 0 Å². The molecule has 0 spiro atoms. The molecular weight excluding hydrogens is 442 g/mol. The molecule has 3 heteroatoms. The van der Waals surface area contributed by atoms with E-state index in [1.54, 1.807) is 6.26 Å². The van der Waals surface area contributed by atoms with Gasteiger partial charge in [-0.1, -0.05) is 65.0 Å². The highest BCUT2D eigenvalue weighted by Gasteiger charge is 2.20. The smallest absolute Gasteiger partial charge is 0.160 e. The zero-order valence-corrected chi connectivity index (χ0v) is 21.6. The van der Waals surface area contributed by atoms with Crippen molar-refractivity contribution >= 4 is 32.8 Å². The third kappa shape index (κ3) is 3.99. The van der Waals surface area contributed by atoms with Crippen LogP contribution in [-0.2, 0) is 11.8 Å². The van der Waals surface area contributed by atoms with Crippen LogP contribution in [0.5, 0.6) is 0 Å². The molecule has 3 aromatic carbocycles. The molecule has 0 aliphatic heterocycles. The maximum absolute atomic E-state index is 6.09. The third-order valence-electron chi connectivity index (χ3n) is 6.86. The van der Waals surface area contributed by atoms with Gasteiger partial charge in [-0.05, 0) is 69.6 Å². The summed E-state index contributed by atoms with van der Waals surface area (Å²) in [5, 5.41) is 3.64. The van der Waals surface area contributed by atoms with Crippen LogP contribution >= 0.6 is 0 Å². The summed E-state index contributed by atoms with van der Waals surface area (Å²) < 4.78 is 12.0. The van der Waals surface area contributed by atoms with Crippen molar-refractivity contribution in [1.29, 1.82) is 0 Å². The zero-order valence-electron chi connectivity index (χ0n) is 21.6. The van der Waals surface area contributed by atoms with Gasteiger partial charge in [0.1, 0.15) is 16.9 Å². The second-order valence-electron chi connectivity index (χ2n) is 11.2. The van der Waals surface area contributed by atoms with Crippen LogP contribution in [0, 0.1) is 5.92 Å². The highest BCUT2D eigenvalue weighted by Crippen LogP contribution is 2.38. The Hall–Kier alpha value is -3.85. The lowest BCUT2D eigenvalue weighted by Crippen LogP contribution is -2.12. The fraction of sp³-hybridized carbons (Fsp3) is 0.242. The van der Waals surface area contributed by atoms with Gasteiger partial charge >= 0.3 is 0 Å². The number of rotatable bonds is 4. The van der Waals surface area contributed by atoms with Crippen molar-refractivity contribution in [3.8, 4) is 22.4 Å². The molecule has 6 aromatic rings. The zero-order chi connectivity index (χ0) is 25.0. The van der Waals surface area contributed by atoms with Crippen molar-refractivity contribution in [3.05, 3.63) is 90.4 Å². The Morgan fingerprint density at radius 2 is 1.64 bits per heavy atom. The molecule has 0 aliphatic carbocycles. The second kappa shape index (κ2) is 8.37. The van der Waals surface area contributed by atoms with Crippen LogP contribution in [-0.4, -0.2) is 4.98 Å². The summed E-state index contributed by atoms with van der Waals surface area (Å²) in [5.41, 5.74) is 8.13. The Labute approximate surface area is 211 Å². The number of hydrogen-bond donors (Lipinski definition) is 0. The Morgan fingerprint density at radius 3 is 2.44 bits per heavy atom. The van der Waals surface area contributed by atoms with Crippen molar-refractivity contribution in [2.24, 2.45) is 5.92 Å². The number of pyridine rings is 1. The fourth-order valence-corrected chi connectivity index (χ4v) is 5.17. The van der Waals surface area contributed by atoms with Gasteiger partial charge in [0.2, 0.25) is 0 Å². The number of fused-ring (bicyclic) bond motifs is 3. The molecule has 0 radical (unpaired) electrons. The summed E-state index contributed by atoms with van der Waals surface area (Å²) in [6.07, 6.45) is 2.66. The van der Waals surface area contributed by atoms with Crippen LogP contribution in [0.3, 0.4) is 0 Å². The molecule has 0 N–H and O–H groups in total. The number of nitrogens with zero attached hydrogens (tertiary/aromatic N) is 1. The molecule has 36 heavy (non-hydrogen) atoms. The predicted molar refractivity (Wildman–Crippen MR) is 149 cm³/mol. The summed E-state index contributed by atoms with van der Waals surface area (Å²) >= 11 is 0. The average Bonchev–Trinajstić information content (AvgIpc) is 3.47. The third-order valence-corrected chi connectivity index (χ3v) is 6.86. The molecule has 3 nitrogen and oxygen atoms in total.